The maximum Gasteiger partial charge on any atom is 0.260 e. The molecule has 1 rings (SSSR count). The number of rotatable bonds is 7. The van der Waals surface area contributed by atoms with Crippen LogP contribution in [0.25, 0.3) is 0 Å². The Hall–Kier alpha value is -1.51. The van der Waals surface area contributed by atoms with Gasteiger partial charge < -0.3 is 10.1 Å². The summed E-state index contributed by atoms with van der Waals surface area (Å²) in [5, 5.41) is 2.91. The van der Waals surface area contributed by atoms with Gasteiger partial charge in [0.1, 0.15) is 5.75 Å². The molecule has 0 aliphatic heterocycles. The van der Waals surface area contributed by atoms with Crippen molar-refractivity contribution in [3.8, 4) is 5.75 Å². The second-order valence-corrected chi connectivity index (χ2v) is 5.19. The number of aryl methyl sites for hydroxylation is 1. The number of para-hydroxylation sites is 1. The molecule has 1 amide bonds. The van der Waals surface area contributed by atoms with E-state index in [0.717, 1.165) is 24.2 Å². The van der Waals surface area contributed by atoms with Crippen LogP contribution in [0.3, 0.4) is 0 Å². The highest BCUT2D eigenvalue weighted by atomic mass is 16.5. The summed E-state index contributed by atoms with van der Waals surface area (Å²) >= 11 is 0. The fraction of sp³-hybridized carbons (Fsp3) is 0.562. The van der Waals surface area contributed by atoms with Gasteiger partial charge >= 0.3 is 0 Å². The Balaban J connectivity index is 2.49. The SMILES string of the molecule is CCc1ccccc1O[C@@H](C)C(=O)NCCC(C)C. The first-order chi connectivity index (χ1) is 9.04. The van der Waals surface area contributed by atoms with E-state index in [2.05, 4.69) is 26.1 Å². The summed E-state index contributed by atoms with van der Waals surface area (Å²) < 4.78 is 5.74. The Morgan fingerprint density at radius 3 is 2.58 bits per heavy atom. The smallest absolute Gasteiger partial charge is 0.260 e. The summed E-state index contributed by atoms with van der Waals surface area (Å²) in [6.45, 7) is 8.86. The largest absolute Gasteiger partial charge is 0.481 e. The van der Waals surface area contributed by atoms with E-state index in [1.165, 1.54) is 0 Å². The first-order valence-electron chi connectivity index (χ1n) is 7.06. The third-order valence-corrected chi connectivity index (χ3v) is 3.05. The van der Waals surface area contributed by atoms with Gasteiger partial charge in [-0.05, 0) is 37.3 Å². The molecule has 0 unspecified atom stereocenters. The Morgan fingerprint density at radius 2 is 1.95 bits per heavy atom. The zero-order valence-corrected chi connectivity index (χ0v) is 12.4. The molecule has 19 heavy (non-hydrogen) atoms. The second kappa shape index (κ2) is 7.82. The lowest BCUT2D eigenvalue weighted by atomic mass is 10.1. The lowest BCUT2D eigenvalue weighted by molar-refractivity contribution is -0.127. The molecule has 106 valence electrons. The molecular formula is C16H25NO2. The third-order valence-electron chi connectivity index (χ3n) is 3.05. The zero-order chi connectivity index (χ0) is 14.3. The van der Waals surface area contributed by atoms with Crippen molar-refractivity contribution in [2.45, 2.75) is 46.6 Å². The van der Waals surface area contributed by atoms with Gasteiger partial charge in [0.25, 0.3) is 5.91 Å². The Labute approximate surface area is 116 Å². The summed E-state index contributed by atoms with van der Waals surface area (Å²) in [5.41, 5.74) is 1.13. The third kappa shape index (κ3) is 5.33. The quantitative estimate of drug-likeness (QED) is 0.820. The fourth-order valence-electron chi connectivity index (χ4n) is 1.78. The van der Waals surface area contributed by atoms with E-state index >= 15 is 0 Å². The van der Waals surface area contributed by atoms with Gasteiger partial charge in [-0.25, -0.2) is 0 Å². The normalized spacial score (nSPS) is 12.3. The highest BCUT2D eigenvalue weighted by molar-refractivity contribution is 5.80. The molecule has 0 saturated heterocycles. The molecule has 0 radical (unpaired) electrons. The minimum Gasteiger partial charge on any atom is -0.481 e. The Bertz CT molecular complexity index is 401. The number of carbonyl (C=O) groups is 1. The molecule has 0 spiro atoms. The van der Waals surface area contributed by atoms with Gasteiger partial charge in [-0.3, -0.25) is 4.79 Å². The van der Waals surface area contributed by atoms with Crippen molar-refractivity contribution < 1.29 is 9.53 Å². The number of hydrogen-bond acceptors (Lipinski definition) is 2. The number of benzene rings is 1. The summed E-state index contributed by atoms with van der Waals surface area (Å²) in [4.78, 5) is 11.9. The lowest BCUT2D eigenvalue weighted by Gasteiger charge is -2.17. The number of carbonyl (C=O) groups excluding carboxylic acids is 1. The number of ether oxygens (including phenoxy) is 1. The van der Waals surface area contributed by atoms with Gasteiger partial charge in [0.2, 0.25) is 0 Å². The van der Waals surface area contributed by atoms with Crippen molar-refractivity contribution in [3.63, 3.8) is 0 Å². The van der Waals surface area contributed by atoms with Crippen LogP contribution in [0, 0.1) is 5.92 Å². The van der Waals surface area contributed by atoms with Crippen LogP contribution < -0.4 is 10.1 Å². The standard InChI is InChI=1S/C16H25NO2/c1-5-14-8-6-7-9-15(14)19-13(4)16(18)17-11-10-12(2)3/h6-9,12-13H,5,10-11H2,1-4H3,(H,17,18)/t13-/m0/s1. The molecular weight excluding hydrogens is 238 g/mol. The van der Waals surface area contributed by atoms with Crippen LogP contribution in [-0.2, 0) is 11.2 Å². The van der Waals surface area contributed by atoms with Crippen LogP contribution in [-0.4, -0.2) is 18.6 Å². The predicted octanol–water partition coefficient (Wildman–Crippen LogP) is 3.18. The van der Waals surface area contributed by atoms with Crippen LogP contribution in [0.15, 0.2) is 24.3 Å². The minimum absolute atomic E-state index is 0.0495. The van der Waals surface area contributed by atoms with E-state index in [0.29, 0.717) is 12.5 Å². The monoisotopic (exact) mass is 263 g/mol. The lowest BCUT2D eigenvalue weighted by Crippen LogP contribution is -2.37. The molecule has 0 bridgehead atoms. The molecule has 1 N–H and O–H groups in total. The molecule has 1 atom stereocenters. The molecule has 0 aromatic heterocycles. The summed E-state index contributed by atoms with van der Waals surface area (Å²) in [6.07, 6.45) is 1.43. The predicted molar refractivity (Wildman–Crippen MR) is 78.4 cm³/mol. The molecule has 1 aromatic carbocycles. The molecule has 3 heteroatoms. The van der Waals surface area contributed by atoms with Gasteiger partial charge in [-0.2, -0.15) is 0 Å². The summed E-state index contributed by atoms with van der Waals surface area (Å²) in [5.74, 6) is 1.35. The van der Waals surface area contributed by atoms with Crippen molar-refractivity contribution in [1.29, 1.82) is 0 Å². The highest BCUT2D eigenvalue weighted by Gasteiger charge is 2.15. The zero-order valence-electron chi connectivity index (χ0n) is 12.4. The van der Waals surface area contributed by atoms with Crippen molar-refractivity contribution in [2.75, 3.05) is 6.54 Å². The molecule has 0 aliphatic carbocycles. The molecule has 0 fully saturated rings. The number of nitrogens with one attached hydrogen (secondary N) is 1. The molecule has 3 nitrogen and oxygen atoms in total. The topological polar surface area (TPSA) is 38.3 Å². The van der Waals surface area contributed by atoms with Gasteiger partial charge in [0, 0.05) is 6.54 Å². The maximum absolute atomic E-state index is 11.9. The Morgan fingerprint density at radius 1 is 1.26 bits per heavy atom. The average Bonchev–Trinajstić information content (AvgIpc) is 2.38. The van der Waals surface area contributed by atoms with Gasteiger partial charge in [-0.1, -0.05) is 39.0 Å². The van der Waals surface area contributed by atoms with Gasteiger partial charge in [-0.15, -0.1) is 0 Å². The first-order valence-corrected chi connectivity index (χ1v) is 7.06. The van der Waals surface area contributed by atoms with E-state index in [4.69, 9.17) is 4.74 Å². The maximum atomic E-state index is 11.9. The minimum atomic E-state index is -0.458. The first kappa shape index (κ1) is 15.5. The Kier molecular flexibility index (Phi) is 6.40. The van der Waals surface area contributed by atoms with E-state index in [1.807, 2.05) is 24.3 Å². The number of hydrogen-bond donors (Lipinski definition) is 1. The van der Waals surface area contributed by atoms with Gasteiger partial charge in [0.05, 0.1) is 0 Å². The van der Waals surface area contributed by atoms with E-state index in [-0.39, 0.29) is 5.91 Å². The van der Waals surface area contributed by atoms with E-state index < -0.39 is 6.10 Å². The second-order valence-electron chi connectivity index (χ2n) is 5.19. The molecule has 0 heterocycles. The van der Waals surface area contributed by atoms with Crippen molar-refractivity contribution in [1.82, 2.24) is 5.32 Å². The van der Waals surface area contributed by atoms with Crippen molar-refractivity contribution >= 4 is 5.91 Å². The highest BCUT2D eigenvalue weighted by Crippen LogP contribution is 2.19. The van der Waals surface area contributed by atoms with Crippen molar-refractivity contribution in [3.05, 3.63) is 29.8 Å². The van der Waals surface area contributed by atoms with Gasteiger partial charge in [0.15, 0.2) is 6.10 Å². The van der Waals surface area contributed by atoms with Crippen LogP contribution in [0.4, 0.5) is 0 Å². The average molecular weight is 263 g/mol. The summed E-state index contributed by atoms with van der Waals surface area (Å²) in [7, 11) is 0. The molecule has 0 saturated carbocycles. The molecule has 1 aromatic rings. The number of amides is 1. The van der Waals surface area contributed by atoms with Crippen LogP contribution in [0.2, 0.25) is 0 Å². The fourth-order valence-corrected chi connectivity index (χ4v) is 1.78. The van der Waals surface area contributed by atoms with Crippen molar-refractivity contribution in [2.24, 2.45) is 5.92 Å². The summed E-state index contributed by atoms with van der Waals surface area (Å²) in [6, 6.07) is 7.85. The van der Waals surface area contributed by atoms with Crippen LogP contribution in [0.1, 0.15) is 39.7 Å². The van der Waals surface area contributed by atoms with E-state index in [1.54, 1.807) is 6.92 Å². The van der Waals surface area contributed by atoms with Crippen LogP contribution in [0.5, 0.6) is 5.75 Å². The molecule has 0 aliphatic rings. The van der Waals surface area contributed by atoms with Crippen LogP contribution >= 0.6 is 0 Å². The van der Waals surface area contributed by atoms with E-state index in [9.17, 15) is 4.79 Å².